The number of anilines is 1. The topological polar surface area (TPSA) is 84.2 Å². The number of hydrogen-bond donors (Lipinski definition) is 2. The predicted molar refractivity (Wildman–Crippen MR) is 116 cm³/mol. The summed E-state index contributed by atoms with van der Waals surface area (Å²) >= 11 is 6.59. The Hall–Kier alpha value is -1.56. The lowest BCUT2D eigenvalue weighted by molar-refractivity contribution is -0.168. The number of rotatable bonds is 4. The Bertz CT molecular complexity index is 901. The molecule has 0 saturated heterocycles. The molecule has 5 aliphatic carbocycles. The maximum atomic E-state index is 13.4. The van der Waals surface area contributed by atoms with Gasteiger partial charge in [-0.05, 0) is 68.1 Å². The zero-order chi connectivity index (χ0) is 21.2. The van der Waals surface area contributed by atoms with Gasteiger partial charge in [-0.25, -0.2) is 4.68 Å². The molecule has 0 aromatic carbocycles. The molecule has 1 aromatic heterocycles. The fourth-order valence-electron chi connectivity index (χ4n) is 7.57. The smallest absolute Gasteiger partial charge is 0.309 e. The molecular formula is C23H32ClN3O3. The van der Waals surface area contributed by atoms with E-state index in [1.54, 1.807) is 6.20 Å². The Morgan fingerprint density at radius 2 is 1.93 bits per heavy atom. The van der Waals surface area contributed by atoms with Gasteiger partial charge in [-0.1, -0.05) is 38.3 Å². The van der Waals surface area contributed by atoms with Gasteiger partial charge in [0.2, 0.25) is 0 Å². The standard InChI is InChI=1S/C23H32ClN3O3/c1-12-4-3-5-17(13(12)2)26-18-11-25-27(21(28)20(18)24)23-9-14-6-15(10-23)8-16(7-14)19(23)22(29)30/h11-17,19,26H,3-10H2,1-2H3,(H,29,30)/t12-,13-,14+,15+,16?,17+,19-,23?/m1/s1. The zero-order valence-electron chi connectivity index (χ0n) is 17.8. The molecule has 6 nitrogen and oxygen atoms in total. The highest BCUT2D eigenvalue weighted by atomic mass is 35.5. The molecule has 164 valence electrons. The first-order chi connectivity index (χ1) is 14.3. The molecule has 1 heterocycles. The number of aromatic nitrogens is 2. The SMILES string of the molecule is C[C@@H]1[C@H](C)CCC[C@@H]1Nc1cnn(C23C[C@@H]4CC(C[C@H](C4)C2)[C@@H]3C(=O)O)c(=O)c1Cl. The Morgan fingerprint density at radius 1 is 1.23 bits per heavy atom. The minimum absolute atomic E-state index is 0.142. The average molecular weight is 434 g/mol. The molecule has 30 heavy (non-hydrogen) atoms. The maximum absolute atomic E-state index is 13.4. The predicted octanol–water partition coefficient (Wildman–Crippen LogP) is 4.37. The van der Waals surface area contributed by atoms with Crippen molar-refractivity contribution in [3.63, 3.8) is 0 Å². The van der Waals surface area contributed by atoms with E-state index in [2.05, 4.69) is 24.3 Å². The second-order valence-corrected chi connectivity index (χ2v) is 11.0. The lowest BCUT2D eigenvalue weighted by Crippen LogP contribution is -2.63. The van der Waals surface area contributed by atoms with Gasteiger partial charge in [-0.15, -0.1) is 0 Å². The molecule has 5 aliphatic rings. The highest BCUT2D eigenvalue weighted by molar-refractivity contribution is 6.32. The third-order valence-electron chi connectivity index (χ3n) is 8.93. The van der Waals surface area contributed by atoms with E-state index in [1.807, 2.05) is 0 Å². The lowest BCUT2D eigenvalue weighted by Gasteiger charge is -2.59. The fraction of sp³-hybridized carbons (Fsp3) is 0.783. The van der Waals surface area contributed by atoms with Gasteiger partial charge in [0.05, 0.1) is 23.3 Å². The van der Waals surface area contributed by atoms with E-state index in [9.17, 15) is 14.7 Å². The van der Waals surface area contributed by atoms with Crippen LogP contribution in [0.15, 0.2) is 11.0 Å². The van der Waals surface area contributed by atoms with Gasteiger partial charge in [-0.3, -0.25) is 9.59 Å². The highest BCUT2D eigenvalue weighted by Crippen LogP contribution is 2.61. The summed E-state index contributed by atoms with van der Waals surface area (Å²) < 4.78 is 1.47. The first-order valence-corrected chi connectivity index (χ1v) is 12.0. The van der Waals surface area contributed by atoms with Gasteiger partial charge in [0.15, 0.2) is 0 Å². The minimum atomic E-state index is -0.796. The number of hydrogen-bond acceptors (Lipinski definition) is 4. The second-order valence-electron chi connectivity index (χ2n) is 10.6. The number of carboxylic acids is 1. The summed E-state index contributed by atoms with van der Waals surface area (Å²) in [6.45, 7) is 4.52. The molecule has 5 fully saturated rings. The van der Waals surface area contributed by atoms with Gasteiger partial charge in [-0.2, -0.15) is 5.10 Å². The third-order valence-corrected chi connectivity index (χ3v) is 9.29. The quantitative estimate of drug-likeness (QED) is 0.736. The molecule has 2 N–H and O–H groups in total. The molecule has 0 amide bonds. The van der Waals surface area contributed by atoms with Crippen LogP contribution < -0.4 is 10.9 Å². The van der Waals surface area contributed by atoms with Crippen molar-refractivity contribution in [2.24, 2.45) is 35.5 Å². The average Bonchev–Trinajstić information content (AvgIpc) is 2.67. The van der Waals surface area contributed by atoms with Gasteiger partial charge >= 0.3 is 5.97 Å². The van der Waals surface area contributed by atoms with Crippen molar-refractivity contribution in [3.8, 4) is 0 Å². The van der Waals surface area contributed by atoms with Gasteiger partial charge in [0, 0.05) is 6.04 Å². The van der Waals surface area contributed by atoms with Crippen LogP contribution in [0.4, 0.5) is 5.69 Å². The van der Waals surface area contributed by atoms with Crippen LogP contribution in [0, 0.1) is 35.5 Å². The number of aliphatic carboxylic acids is 1. The Morgan fingerprint density at radius 3 is 2.60 bits per heavy atom. The molecule has 6 atom stereocenters. The van der Waals surface area contributed by atoms with Crippen LogP contribution in [0.5, 0.6) is 0 Å². The van der Waals surface area contributed by atoms with Crippen molar-refractivity contribution in [3.05, 3.63) is 21.6 Å². The van der Waals surface area contributed by atoms with Crippen LogP contribution in [0.1, 0.15) is 65.2 Å². The number of nitrogens with zero attached hydrogens (tertiary/aromatic N) is 2. The summed E-state index contributed by atoms with van der Waals surface area (Å²) in [5.74, 6) is 0.911. The van der Waals surface area contributed by atoms with E-state index < -0.39 is 17.4 Å². The summed E-state index contributed by atoms with van der Waals surface area (Å²) in [6, 6.07) is 0.273. The first kappa shape index (κ1) is 20.3. The molecule has 0 aliphatic heterocycles. The van der Waals surface area contributed by atoms with Crippen LogP contribution in [-0.2, 0) is 10.3 Å². The Kier molecular flexibility index (Phi) is 4.92. The van der Waals surface area contributed by atoms with Crippen LogP contribution >= 0.6 is 11.6 Å². The summed E-state index contributed by atoms with van der Waals surface area (Å²) in [5, 5.41) is 18.3. The number of halogens is 1. The molecule has 1 aromatic rings. The number of carbonyl (C=O) groups is 1. The molecule has 0 radical (unpaired) electrons. The fourth-order valence-corrected chi connectivity index (χ4v) is 7.75. The molecule has 0 spiro atoms. The van der Waals surface area contributed by atoms with Crippen molar-refractivity contribution < 1.29 is 9.90 Å². The van der Waals surface area contributed by atoms with E-state index in [0.29, 0.717) is 29.4 Å². The maximum Gasteiger partial charge on any atom is 0.309 e. The monoisotopic (exact) mass is 433 g/mol. The van der Waals surface area contributed by atoms with Gasteiger partial charge in [0.1, 0.15) is 5.02 Å². The third kappa shape index (κ3) is 3.01. The van der Waals surface area contributed by atoms with Crippen molar-refractivity contribution in [1.82, 2.24) is 9.78 Å². The lowest BCUT2D eigenvalue weighted by atomic mass is 9.48. The van der Waals surface area contributed by atoms with E-state index in [1.165, 1.54) is 17.5 Å². The first-order valence-electron chi connectivity index (χ1n) is 11.6. The van der Waals surface area contributed by atoms with Gasteiger partial charge < -0.3 is 10.4 Å². The van der Waals surface area contributed by atoms with E-state index in [0.717, 1.165) is 38.5 Å². The van der Waals surface area contributed by atoms with Crippen LogP contribution in [0.25, 0.3) is 0 Å². The number of carboxylic acid groups (broad SMARTS) is 1. The van der Waals surface area contributed by atoms with E-state index >= 15 is 0 Å². The van der Waals surface area contributed by atoms with E-state index in [-0.39, 0.29) is 22.5 Å². The summed E-state index contributed by atoms with van der Waals surface area (Å²) in [7, 11) is 0. The van der Waals surface area contributed by atoms with Crippen LogP contribution in [-0.4, -0.2) is 26.9 Å². The minimum Gasteiger partial charge on any atom is -0.481 e. The van der Waals surface area contributed by atoms with E-state index in [4.69, 9.17) is 11.6 Å². The normalized spacial score (nSPS) is 42.3. The molecule has 7 heteroatoms. The molecule has 4 bridgehead atoms. The van der Waals surface area contributed by atoms with Gasteiger partial charge in [0.25, 0.3) is 5.56 Å². The molecule has 0 unspecified atom stereocenters. The summed E-state index contributed by atoms with van der Waals surface area (Å²) in [4.78, 5) is 25.7. The van der Waals surface area contributed by atoms with Crippen molar-refractivity contribution in [2.75, 3.05) is 5.32 Å². The molecule has 6 rings (SSSR count). The largest absolute Gasteiger partial charge is 0.481 e. The Labute approximate surface area is 182 Å². The van der Waals surface area contributed by atoms with Crippen molar-refractivity contribution in [2.45, 2.75) is 76.8 Å². The van der Waals surface area contributed by atoms with Crippen molar-refractivity contribution in [1.29, 1.82) is 0 Å². The van der Waals surface area contributed by atoms with Crippen molar-refractivity contribution >= 4 is 23.3 Å². The number of nitrogens with one attached hydrogen (secondary N) is 1. The zero-order valence-corrected chi connectivity index (χ0v) is 18.6. The second kappa shape index (κ2) is 7.25. The van der Waals surface area contributed by atoms with Crippen LogP contribution in [0.3, 0.4) is 0 Å². The molecule has 5 saturated carbocycles. The van der Waals surface area contributed by atoms with Crippen LogP contribution in [0.2, 0.25) is 5.02 Å². The highest BCUT2D eigenvalue weighted by Gasteiger charge is 2.61. The molecular weight excluding hydrogens is 402 g/mol. The Balaban J connectivity index is 1.50. The summed E-state index contributed by atoms with van der Waals surface area (Å²) in [6.07, 6.45) is 9.66. The summed E-state index contributed by atoms with van der Waals surface area (Å²) in [5.41, 5.74) is -0.487.